The third-order valence-corrected chi connectivity index (χ3v) is 3.34. The fourth-order valence-corrected chi connectivity index (χ4v) is 2.28. The molecule has 6 nitrogen and oxygen atoms in total. The van der Waals surface area contributed by atoms with Gasteiger partial charge >= 0.3 is 0 Å². The van der Waals surface area contributed by atoms with Crippen LogP contribution in [0.2, 0.25) is 0 Å². The zero-order chi connectivity index (χ0) is 14.8. The number of carbonyl (C=O) groups excluding carboxylic acids is 1. The molecule has 108 valence electrons. The van der Waals surface area contributed by atoms with Gasteiger partial charge in [-0.1, -0.05) is 12.1 Å². The van der Waals surface area contributed by atoms with E-state index in [1.54, 1.807) is 17.1 Å². The van der Waals surface area contributed by atoms with E-state index >= 15 is 0 Å². The largest absolute Gasteiger partial charge is 0.323 e. The Morgan fingerprint density at radius 2 is 2.14 bits per heavy atom. The zero-order valence-electron chi connectivity index (χ0n) is 12.1. The molecule has 0 fully saturated rings. The molecule has 0 spiro atoms. The molecule has 3 aromatic rings. The third kappa shape index (κ3) is 2.94. The number of hydrogen-bond acceptors (Lipinski definition) is 3. The van der Waals surface area contributed by atoms with E-state index in [2.05, 4.69) is 27.6 Å². The number of fused-ring (bicyclic) bond motifs is 1. The number of carbonyl (C=O) groups is 1. The Morgan fingerprint density at radius 3 is 2.90 bits per heavy atom. The van der Waals surface area contributed by atoms with Crippen molar-refractivity contribution in [2.45, 2.75) is 19.9 Å². The lowest BCUT2D eigenvalue weighted by Gasteiger charge is -2.05. The van der Waals surface area contributed by atoms with E-state index < -0.39 is 0 Å². The lowest BCUT2D eigenvalue weighted by Crippen LogP contribution is -2.14. The molecule has 1 N–H and O–H groups in total. The van der Waals surface area contributed by atoms with Gasteiger partial charge in [0.05, 0.1) is 30.1 Å². The number of anilines is 1. The highest BCUT2D eigenvalue weighted by Gasteiger charge is 2.07. The molecule has 6 heteroatoms. The first-order valence-corrected chi connectivity index (χ1v) is 6.82. The Kier molecular flexibility index (Phi) is 3.43. The second kappa shape index (κ2) is 5.40. The Bertz CT molecular complexity index is 786. The van der Waals surface area contributed by atoms with Crippen molar-refractivity contribution in [1.29, 1.82) is 0 Å². The third-order valence-electron chi connectivity index (χ3n) is 3.34. The van der Waals surface area contributed by atoms with E-state index in [0.717, 1.165) is 10.9 Å². The number of aryl methyl sites for hydroxylation is 3. The van der Waals surface area contributed by atoms with Crippen LogP contribution in [0.15, 0.2) is 36.8 Å². The molecule has 1 aromatic carbocycles. The molecule has 0 aliphatic carbocycles. The molecule has 0 atom stereocenters. The van der Waals surface area contributed by atoms with E-state index in [1.807, 2.05) is 30.9 Å². The van der Waals surface area contributed by atoms with Gasteiger partial charge < -0.3 is 5.32 Å². The molecule has 3 rings (SSSR count). The standard InChI is InChI=1S/C15H17N5O/c1-11-3-4-12-8-17-20(14(12)7-11)6-5-15(21)18-13-9-16-19(2)10-13/h3-4,7-10H,5-6H2,1-2H3,(H,18,21). The SMILES string of the molecule is Cc1ccc2cnn(CCC(=O)Nc3cnn(C)c3)c2c1. The van der Waals surface area contributed by atoms with Crippen molar-refractivity contribution in [3.05, 3.63) is 42.4 Å². The lowest BCUT2D eigenvalue weighted by atomic mass is 10.2. The van der Waals surface area contributed by atoms with Gasteiger partial charge in [-0.2, -0.15) is 10.2 Å². The molecule has 2 heterocycles. The second-order valence-electron chi connectivity index (χ2n) is 5.13. The van der Waals surface area contributed by atoms with Crippen molar-refractivity contribution in [3.63, 3.8) is 0 Å². The van der Waals surface area contributed by atoms with Gasteiger partial charge in [-0.05, 0) is 18.6 Å². The van der Waals surface area contributed by atoms with E-state index in [-0.39, 0.29) is 5.91 Å². The number of benzene rings is 1. The highest BCUT2D eigenvalue weighted by molar-refractivity contribution is 5.90. The predicted molar refractivity (Wildman–Crippen MR) is 80.9 cm³/mol. The summed E-state index contributed by atoms with van der Waals surface area (Å²) in [5, 5.41) is 12.3. The van der Waals surface area contributed by atoms with Crippen molar-refractivity contribution in [2.75, 3.05) is 5.32 Å². The van der Waals surface area contributed by atoms with E-state index in [1.165, 1.54) is 5.56 Å². The smallest absolute Gasteiger partial charge is 0.226 e. The van der Waals surface area contributed by atoms with Crippen LogP contribution in [0.1, 0.15) is 12.0 Å². The summed E-state index contributed by atoms with van der Waals surface area (Å²) in [6, 6.07) is 6.19. The summed E-state index contributed by atoms with van der Waals surface area (Å²) >= 11 is 0. The molecular formula is C15H17N5O. The average Bonchev–Trinajstić information content (AvgIpc) is 3.03. The topological polar surface area (TPSA) is 64.7 Å². The van der Waals surface area contributed by atoms with Gasteiger partial charge in [-0.15, -0.1) is 0 Å². The monoisotopic (exact) mass is 283 g/mol. The average molecular weight is 283 g/mol. The number of nitrogens with zero attached hydrogens (tertiary/aromatic N) is 4. The first kappa shape index (κ1) is 13.4. The number of nitrogens with one attached hydrogen (secondary N) is 1. The van der Waals surface area contributed by atoms with Crippen LogP contribution in [0.3, 0.4) is 0 Å². The Balaban J connectivity index is 1.66. The molecule has 0 aliphatic heterocycles. The van der Waals surface area contributed by atoms with Crippen molar-refractivity contribution < 1.29 is 4.79 Å². The van der Waals surface area contributed by atoms with E-state index in [0.29, 0.717) is 18.7 Å². The molecule has 0 unspecified atom stereocenters. The second-order valence-corrected chi connectivity index (χ2v) is 5.13. The van der Waals surface area contributed by atoms with Crippen molar-refractivity contribution in [2.24, 2.45) is 7.05 Å². The molecule has 1 amide bonds. The Morgan fingerprint density at radius 1 is 1.29 bits per heavy atom. The molecule has 2 aromatic heterocycles. The van der Waals surface area contributed by atoms with Gasteiger partial charge in [-0.3, -0.25) is 14.2 Å². The molecular weight excluding hydrogens is 266 g/mol. The summed E-state index contributed by atoms with van der Waals surface area (Å²) < 4.78 is 3.52. The minimum Gasteiger partial charge on any atom is -0.323 e. The minimum absolute atomic E-state index is 0.0423. The van der Waals surface area contributed by atoms with Crippen molar-refractivity contribution in [3.8, 4) is 0 Å². The van der Waals surface area contributed by atoms with Crippen LogP contribution in [0.25, 0.3) is 10.9 Å². The number of amides is 1. The minimum atomic E-state index is -0.0423. The van der Waals surface area contributed by atoms with Crippen molar-refractivity contribution >= 4 is 22.5 Å². The van der Waals surface area contributed by atoms with Crippen LogP contribution in [0, 0.1) is 6.92 Å². The molecule has 0 aliphatic rings. The van der Waals surface area contributed by atoms with Crippen LogP contribution < -0.4 is 5.32 Å². The molecule has 0 radical (unpaired) electrons. The van der Waals surface area contributed by atoms with Gasteiger partial charge in [0.25, 0.3) is 0 Å². The summed E-state index contributed by atoms with van der Waals surface area (Å²) in [6.45, 7) is 2.60. The van der Waals surface area contributed by atoms with Crippen LogP contribution in [-0.2, 0) is 18.4 Å². The predicted octanol–water partition coefficient (Wildman–Crippen LogP) is 2.11. The first-order chi connectivity index (χ1) is 10.1. The number of hydrogen-bond donors (Lipinski definition) is 1. The number of aromatic nitrogens is 4. The first-order valence-electron chi connectivity index (χ1n) is 6.82. The molecule has 0 saturated heterocycles. The van der Waals surface area contributed by atoms with Crippen LogP contribution in [-0.4, -0.2) is 25.5 Å². The fourth-order valence-electron chi connectivity index (χ4n) is 2.28. The quantitative estimate of drug-likeness (QED) is 0.797. The van der Waals surface area contributed by atoms with Gasteiger partial charge in [0.1, 0.15) is 0 Å². The van der Waals surface area contributed by atoms with Crippen LogP contribution in [0.5, 0.6) is 0 Å². The summed E-state index contributed by atoms with van der Waals surface area (Å²) in [6.07, 6.45) is 5.60. The van der Waals surface area contributed by atoms with Gasteiger partial charge in [-0.25, -0.2) is 0 Å². The van der Waals surface area contributed by atoms with Crippen LogP contribution >= 0.6 is 0 Å². The highest BCUT2D eigenvalue weighted by Crippen LogP contribution is 2.15. The van der Waals surface area contributed by atoms with E-state index in [4.69, 9.17) is 0 Å². The molecule has 21 heavy (non-hydrogen) atoms. The zero-order valence-corrected chi connectivity index (χ0v) is 12.1. The molecule has 0 bridgehead atoms. The fraction of sp³-hybridized carbons (Fsp3) is 0.267. The van der Waals surface area contributed by atoms with Gasteiger partial charge in [0.2, 0.25) is 5.91 Å². The maximum absolute atomic E-state index is 11.9. The Hall–Kier alpha value is -2.63. The summed E-state index contributed by atoms with van der Waals surface area (Å²) in [5.41, 5.74) is 2.96. The van der Waals surface area contributed by atoms with Gasteiger partial charge in [0.15, 0.2) is 0 Å². The maximum Gasteiger partial charge on any atom is 0.226 e. The lowest BCUT2D eigenvalue weighted by molar-refractivity contribution is -0.116. The highest BCUT2D eigenvalue weighted by atomic mass is 16.1. The van der Waals surface area contributed by atoms with Crippen molar-refractivity contribution in [1.82, 2.24) is 19.6 Å². The molecule has 0 saturated carbocycles. The summed E-state index contributed by atoms with van der Waals surface area (Å²) in [7, 11) is 1.81. The normalized spacial score (nSPS) is 11.0. The van der Waals surface area contributed by atoms with Gasteiger partial charge in [0, 0.05) is 25.1 Å². The maximum atomic E-state index is 11.9. The Labute approximate surface area is 122 Å². The summed E-state index contributed by atoms with van der Waals surface area (Å²) in [4.78, 5) is 11.9. The van der Waals surface area contributed by atoms with E-state index in [9.17, 15) is 4.79 Å². The summed E-state index contributed by atoms with van der Waals surface area (Å²) in [5.74, 6) is -0.0423. The number of rotatable bonds is 4. The van der Waals surface area contributed by atoms with Crippen LogP contribution in [0.4, 0.5) is 5.69 Å².